The molecule has 0 fully saturated rings. The Morgan fingerprint density at radius 1 is 1.06 bits per heavy atom. The molecule has 0 spiro atoms. The largest absolute Gasteiger partial charge is 0.484 e. The van der Waals surface area contributed by atoms with Gasteiger partial charge in [0, 0.05) is 12.1 Å². The molecule has 3 aromatic rings. The van der Waals surface area contributed by atoms with E-state index in [0.717, 1.165) is 16.1 Å². The van der Waals surface area contributed by atoms with Crippen LogP contribution in [0.15, 0.2) is 66.7 Å². The number of nitrogens with zero attached hydrogens (tertiary/aromatic N) is 1. The number of carbonyl (C=O) groups is 1. The van der Waals surface area contributed by atoms with Crippen LogP contribution in [-0.2, 0) is 27.9 Å². The molecule has 8 nitrogen and oxygen atoms in total. The zero-order chi connectivity index (χ0) is 24.1. The van der Waals surface area contributed by atoms with Crippen molar-refractivity contribution in [1.82, 2.24) is 5.32 Å². The van der Waals surface area contributed by atoms with Gasteiger partial charge in [0.15, 0.2) is 18.1 Å². The maximum absolute atomic E-state index is 14.0. The van der Waals surface area contributed by atoms with Crippen LogP contribution in [0.3, 0.4) is 0 Å². The van der Waals surface area contributed by atoms with Gasteiger partial charge in [-0.15, -0.1) is 0 Å². The van der Waals surface area contributed by atoms with E-state index in [9.17, 15) is 17.6 Å². The first-order valence-corrected chi connectivity index (χ1v) is 12.2. The average molecular weight is 487 g/mol. The van der Waals surface area contributed by atoms with Crippen LogP contribution in [0.25, 0.3) is 0 Å². The number of hydrogen-bond donors (Lipinski definition) is 1. The fraction of sp³-hybridized carbons (Fsp3) is 0.208. The molecule has 3 aromatic carbocycles. The second kappa shape index (κ2) is 10.0. The Labute approximate surface area is 196 Å². The molecule has 1 amide bonds. The number of sulfonamides is 1. The molecule has 0 aliphatic carbocycles. The van der Waals surface area contributed by atoms with Crippen molar-refractivity contribution in [3.8, 4) is 17.2 Å². The van der Waals surface area contributed by atoms with Crippen molar-refractivity contribution in [3.63, 3.8) is 0 Å². The molecule has 34 heavy (non-hydrogen) atoms. The highest BCUT2D eigenvalue weighted by Crippen LogP contribution is 2.32. The normalized spacial score (nSPS) is 12.3. The lowest BCUT2D eigenvalue weighted by atomic mass is 10.2. The van der Waals surface area contributed by atoms with Gasteiger partial charge in [-0.3, -0.25) is 9.10 Å². The molecule has 10 heteroatoms. The van der Waals surface area contributed by atoms with Gasteiger partial charge in [-0.1, -0.05) is 24.3 Å². The van der Waals surface area contributed by atoms with E-state index in [0.29, 0.717) is 29.5 Å². The van der Waals surface area contributed by atoms with Crippen molar-refractivity contribution >= 4 is 21.6 Å². The minimum atomic E-state index is -3.66. The third-order valence-electron chi connectivity index (χ3n) is 5.09. The average Bonchev–Trinajstić information content (AvgIpc) is 3.28. The van der Waals surface area contributed by atoms with Gasteiger partial charge in [0.1, 0.15) is 11.6 Å². The Morgan fingerprint density at radius 2 is 1.79 bits per heavy atom. The van der Waals surface area contributed by atoms with E-state index in [2.05, 4.69) is 5.32 Å². The topological polar surface area (TPSA) is 94.2 Å². The van der Waals surface area contributed by atoms with E-state index >= 15 is 0 Å². The van der Waals surface area contributed by atoms with Crippen LogP contribution in [0, 0.1) is 5.82 Å². The first-order chi connectivity index (χ1) is 16.3. The number of benzene rings is 3. The van der Waals surface area contributed by atoms with E-state index in [4.69, 9.17) is 14.2 Å². The number of ether oxygens (including phenoxy) is 3. The summed E-state index contributed by atoms with van der Waals surface area (Å²) >= 11 is 0. The smallest absolute Gasteiger partial charge is 0.258 e. The Kier molecular flexibility index (Phi) is 6.87. The summed E-state index contributed by atoms with van der Waals surface area (Å²) < 4.78 is 55.8. The standard InChI is InChI=1S/C24H23FN2O6S/c1-34(29,30)27(14-18-4-2-3-5-21(18)25)19-7-9-20(10-8-19)31-15-24(28)26-13-17-6-11-22-23(12-17)33-16-32-22/h2-12H,13-16H2,1H3,(H,26,28). The number of rotatable bonds is 9. The number of carbonyl (C=O) groups excluding carboxylic acids is 1. The minimum Gasteiger partial charge on any atom is -0.484 e. The number of nitrogens with one attached hydrogen (secondary N) is 1. The minimum absolute atomic E-state index is 0.145. The lowest BCUT2D eigenvalue weighted by Gasteiger charge is -2.23. The van der Waals surface area contributed by atoms with E-state index < -0.39 is 15.8 Å². The van der Waals surface area contributed by atoms with Crippen LogP contribution in [0.2, 0.25) is 0 Å². The summed E-state index contributed by atoms with van der Waals surface area (Å²) in [6.07, 6.45) is 1.06. The summed E-state index contributed by atoms with van der Waals surface area (Å²) in [5, 5.41) is 2.76. The molecule has 178 valence electrons. The number of fused-ring (bicyclic) bond motifs is 1. The van der Waals surface area contributed by atoms with Gasteiger partial charge in [-0.2, -0.15) is 0 Å². The first kappa shape index (κ1) is 23.4. The van der Waals surface area contributed by atoms with Crippen molar-refractivity contribution in [3.05, 3.63) is 83.7 Å². The van der Waals surface area contributed by atoms with Crippen molar-refractivity contribution in [2.45, 2.75) is 13.1 Å². The Balaban J connectivity index is 1.33. The number of anilines is 1. The summed E-state index contributed by atoms with van der Waals surface area (Å²) in [6.45, 7) is 0.128. The van der Waals surface area contributed by atoms with Gasteiger partial charge in [-0.05, 0) is 48.0 Å². The zero-order valence-electron chi connectivity index (χ0n) is 18.4. The van der Waals surface area contributed by atoms with Crippen molar-refractivity contribution in [1.29, 1.82) is 0 Å². The van der Waals surface area contributed by atoms with E-state index in [1.54, 1.807) is 48.5 Å². The van der Waals surface area contributed by atoms with Crippen LogP contribution < -0.4 is 23.8 Å². The molecule has 0 saturated carbocycles. The maximum Gasteiger partial charge on any atom is 0.258 e. The quantitative estimate of drug-likeness (QED) is 0.499. The van der Waals surface area contributed by atoms with Crippen molar-refractivity contribution < 1.29 is 31.8 Å². The molecule has 0 saturated heterocycles. The highest BCUT2D eigenvalue weighted by atomic mass is 32.2. The van der Waals surface area contributed by atoms with E-state index in [1.165, 1.54) is 12.1 Å². The van der Waals surface area contributed by atoms with Gasteiger partial charge < -0.3 is 19.5 Å². The van der Waals surface area contributed by atoms with Gasteiger partial charge in [0.05, 0.1) is 18.5 Å². The van der Waals surface area contributed by atoms with E-state index in [1.807, 2.05) is 6.07 Å². The third kappa shape index (κ3) is 5.76. The zero-order valence-corrected chi connectivity index (χ0v) is 19.2. The van der Waals surface area contributed by atoms with E-state index in [-0.39, 0.29) is 31.4 Å². The molecule has 0 unspecified atom stereocenters. The number of amides is 1. The first-order valence-electron chi connectivity index (χ1n) is 10.4. The molecule has 1 aliphatic heterocycles. The summed E-state index contributed by atoms with van der Waals surface area (Å²) in [5.74, 6) is 0.898. The highest BCUT2D eigenvalue weighted by Gasteiger charge is 2.19. The highest BCUT2D eigenvalue weighted by molar-refractivity contribution is 7.92. The summed E-state index contributed by atoms with van der Waals surface area (Å²) in [4.78, 5) is 12.2. The summed E-state index contributed by atoms with van der Waals surface area (Å²) in [6, 6.07) is 17.6. The number of halogens is 1. The lowest BCUT2D eigenvalue weighted by molar-refractivity contribution is -0.123. The SMILES string of the molecule is CS(=O)(=O)N(Cc1ccccc1F)c1ccc(OCC(=O)NCc2ccc3c(c2)OCO3)cc1. The molecular weight excluding hydrogens is 463 g/mol. The van der Waals surface area contributed by atoms with Crippen LogP contribution in [0.1, 0.15) is 11.1 Å². The molecule has 1 aliphatic rings. The molecule has 0 radical (unpaired) electrons. The van der Waals surface area contributed by atoms with Gasteiger partial charge in [0.2, 0.25) is 16.8 Å². The van der Waals surface area contributed by atoms with Crippen LogP contribution >= 0.6 is 0 Å². The fourth-order valence-electron chi connectivity index (χ4n) is 3.34. The second-order valence-corrected chi connectivity index (χ2v) is 9.51. The Hall–Kier alpha value is -3.79. The van der Waals surface area contributed by atoms with Crippen LogP contribution in [0.5, 0.6) is 17.2 Å². The van der Waals surface area contributed by atoms with Crippen molar-refractivity contribution in [2.75, 3.05) is 24.0 Å². The summed E-state index contributed by atoms with van der Waals surface area (Å²) in [7, 11) is -3.66. The molecule has 0 aromatic heterocycles. The fourth-order valence-corrected chi connectivity index (χ4v) is 4.22. The van der Waals surface area contributed by atoms with Gasteiger partial charge in [0.25, 0.3) is 5.91 Å². The summed E-state index contributed by atoms with van der Waals surface area (Å²) in [5.41, 5.74) is 1.47. The monoisotopic (exact) mass is 486 g/mol. The predicted octanol–water partition coefficient (Wildman–Crippen LogP) is 3.22. The molecule has 0 bridgehead atoms. The molecular formula is C24H23FN2O6S. The molecule has 4 rings (SSSR count). The predicted molar refractivity (Wildman–Crippen MR) is 124 cm³/mol. The second-order valence-electron chi connectivity index (χ2n) is 7.61. The van der Waals surface area contributed by atoms with Crippen LogP contribution in [0.4, 0.5) is 10.1 Å². The molecule has 1 N–H and O–H groups in total. The lowest BCUT2D eigenvalue weighted by Crippen LogP contribution is -2.29. The Morgan fingerprint density at radius 3 is 2.53 bits per heavy atom. The van der Waals surface area contributed by atoms with Crippen LogP contribution in [-0.4, -0.2) is 34.0 Å². The van der Waals surface area contributed by atoms with Gasteiger partial charge in [-0.25, -0.2) is 12.8 Å². The van der Waals surface area contributed by atoms with Gasteiger partial charge >= 0.3 is 0 Å². The van der Waals surface area contributed by atoms with Crippen molar-refractivity contribution in [2.24, 2.45) is 0 Å². The maximum atomic E-state index is 14.0. The third-order valence-corrected chi connectivity index (χ3v) is 6.23. The molecule has 0 atom stereocenters. The Bertz CT molecular complexity index is 1280. The number of hydrogen-bond acceptors (Lipinski definition) is 6. The molecule has 1 heterocycles.